The van der Waals surface area contributed by atoms with E-state index in [0.29, 0.717) is 11.8 Å². The number of carbonyl (C=O) groups is 1. The first-order chi connectivity index (χ1) is 11.6. The van der Waals surface area contributed by atoms with Crippen LogP contribution in [0.25, 0.3) is 10.9 Å². The fourth-order valence-electron chi connectivity index (χ4n) is 3.25. The maximum absolute atomic E-state index is 12.6. The van der Waals surface area contributed by atoms with E-state index in [1.54, 1.807) is 6.20 Å². The van der Waals surface area contributed by atoms with Gasteiger partial charge < -0.3 is 9.64 Å². The molecule has 1 atom stereocenters. The van der Waals surface area contributed by atoms with Gasteiger partial charge in [-0.05, 0) is 53.7 Å². The zero-order valence-electron chi connectivity index (χ0n) is 13.6. The molecule has 0 saturated carbocycles. The van der Waals surface area contributed by atoms with Gasteiger partial charge in [0.15, 0.2) is 12.4 Å². The molecule has 2 aromatic rings. The Balaban J connectivity index is 1.79. The van der Waals surface area contributed by atoms with E-state index in [4.69, 9.17) is 4.74 Å². The number of nitrogens with zero attached hydrogens (tertiary/aromatic N) is 2. The summed E-state index contributed by atoms with van der Waals surface area (Å²) in [5, 5.41) is 0.965. The number of amides is 1. The molecule has 6 heteroatoms. The van der Waals surface area contributed by atoms with Crippen molar-refractivity contribution >= 4 is 48.7 Å². The first-order valence-electron chi connectivity index (χ1n) is 8.26. The van der Waals surface area contributed by atoms with Crippen LogP contribution >= 0.6 is 31.9 Å². The van der Waals surface area contributed by atoms with Crippen molar-refractivity contribution in [3.63, 3.8) is 0 Å². The summed E-state index contributed by atoms with van der Waals surface area (Å²) in [7, 11) is 0. The molecule has 0 spiro atoms. The fourth-order valence-corrected chi connectivity index (χ4v) is 4.64. The molecule has 1 saturated heterocycles. The smallest absolute Gasteiger partial charge is 0.260 e. The molecule has 0 radical (unpaired) electrons. The van der Waals surface area contributed by atoms with Gasteiger partial charge in [-0.1, -0.05) is 28.9 Å². The van der Waals surface area contributed by atoms with E-state index in [0.717, 1.165) is 45.7 Å². The van der Waals surface area contributed by atoms with E-state index in [9.17, 15) is 4.79 Å². The van der Waals surface area contributed by atoms with Crippen molar-refractivity contribution in [2.24, 2.45) is 0 Å². The van der Waals surface area contributed by atoms with E-state index >= 15 is 0 Å². The van der Waals surface area contributed by atoms with Crippen molar-refractivity contribution in [2.45, 2.75) is 38.6 Å². The third kappa shape index (κ3) is 3.59. The second kappa shape index (κ2) is 7.83. The topological polar surface area (TPSA) is 42.4 Å². The molecule has 1 aliphatic heterocycles. The van der Waals surface area contributed by atoms with Gasteiger partial charge in [0.2, 0.25) is 0 Å². The number of piperidine rings is 1. The zero-order valence-corrected chi connectivity index (χ0v) is 16.8. The number of hydrogen-bond acceptors (Lipinski definition) is 3. The first-order valence-corrected chi connectivity index (χ1v) is 9.85. The Bertz CT molecular complexity index is 751. The van der Waals surface area contributed by atoms with E-state index < -0.39 is 0 Å². The molecular formula is C18H20Br2N2O2. The minimum atomic E-state index is 0.0441. The Labute approximate surface area is 158 Å². The third-order valence-electron chi connectivity index (χ3n) is 4.51. The Hall–Kier alpha value is -1.14. The van der Waals surface area contributed by atoms with Crippen LogP contribution < -0.4 is 4.74 Å². The van der Waals surface area contributed by atoms with Gasteiger partial charge in [0, 0.05) is 28.6 Å². The summed E-state index contributed by atoms with van der Waals surface area (Å²) in [4.78, 5) is 19.0. The van der Waals surface area contributed by atoms with Crippen molar-refractivity contribution < 1.29 is 9.53 Å². The van der Waals surface area contributed by atoms with Crippen molar-refractivity contribution in [3.05, 3.63) is 33.3 Å². The highest BCUT2D eigenvalue weighted by Gasteiger charge is 2.26. The highest BCUT2D eigenvalue weighted by molar-refractivity contribution is 9.11. The van der Waals surface area contributed by atoms with Crippen LogP contribution in [-0.4, -0.2) is 35.0 Å². The van der Waals surface area contributed by atoms with E-state index in [2.05, 4.69) is 43.8 Å². The Morgan fingerprint density at radius 1 is 1.38 bits per heavy atom. The number of ether oxygens (including phenoxy) is 1. The van der Waals surface area contributed by atoms with E-state index in [-0.39, 0.29) is 12.5 Å². The molecule has 1 amide bonds. The van der Waals surface area contributed by atoms with Crippen LogP contribution in [0, 0.1) is 0 Å². The minimum absolute atomic E-state index is 0.0441. The Morgan fingerprint density at radius 2 is 2.21 bits per heavy atom. The normalized spacial score (nSPS) is 18.0. The summed E-state index contributed by atoms with van der Waals surface area (Å²) in [6.07, 6.45) is 6.10. The van der Waals surface area contributed by atoms with Crippen LogP contribution in [0.4, 0.5) is 0 Å². The summed E-state index contributed by atoms with van der Waals surface area (Å²) in [5.41, 5.74) is 0.747. The van der Waals surface area contributed by atoms with Gasteiger partial charge in [0.1, 0.15) is 5.52 Å². The highest BCUT2D eigenvalue weighted by atomic mass is 79.9. The Morgan fingerprint density at radius 3 is 3.00 bits per heavy atom. The monoisotopic (exact) mass is 454 g/mol. The predicted molar refractivity (Wildman–Crippen MR) is 102 cm³/mol. The summed E-state index contributed by atoms with van der Waals surface area (Å²) in [6.45, 7) is 3.02. The molecule has 0 aliphatic carbocycles. The molecule has 24 heavy (non-hydrogen) atoms. The number of rotatable bonds is 4. The number of likely N-dealkylation sites (tertiary alicyclic amines) is 1. The van der Waals surface area contributed by atoms with Crippen molar-refractivity contribution in [3.8, 4) is 5.75 Å². The molecule has 3 rings (SSSR count). The SMILES string of the molecule is CC[C@H]1CCCCN1C(=O)COc1c(Br)cc(Br)c2cccnc12. The minimum Gasteiger partial charge on any atom is -0.480 e. The second-order valence-electron chi connectivity index (χ2n) is 6.00. The van der Waals surface area contributed by atoms with Crippen LogP contribution in [-0.2, 0) is 4.79 Å². The van der Waals surface area contributed by atoms with Gasteiger partial charge in [0.25, 0.3) is 5.91 Å². The predicted octanol–water partition coefficient (Wildman–Crippen LogP) is 4.93. The maximum Gasteiger partial charge on any atom is 0.260 e. The molecule has 1 fully saturated rings. The van der Waals surface area contributed by atoms with Crippen molar-refractivity contribution in [2.75, 3.05) is 13.2 Å². The van der Waals surface area contributed by atoms with Gasteiger partial charge in [-0.2, -0.15) is 0 Å². The van der Waals surface area contributed by atoms with Crippen molar-refractivity contribution in [1.29, 1.82) is 0 Å². The van der Waals surface area contributed by atoms with Crippen LogP contribution in [0.3, 0.4) is 0 Å². The number of aromatic nitrogens is 1. The fraction of sp³-hybridized carbons (Fsp3) is 0.444. The Kier molecular flexibility index (Phi) is 5.76. The molecule has 1 aromatic carbocycles. The quantitative estimate of drug-likeness (QED) is 0.656. The summed E-state index contributed by atoms with van der Waals surface area (Å²) < 4.78 is 7.63. The number of hydrogen-bond donors (Lipinski definition) is 0. The van der Waals surface area contributed by atoms with Gasteiger partial charge in [-0.15, -0.1) is 0 Å². The van der Waals surface area contributed by atoms with E-state index in [1.165, 1.54) is 6.42 Å². The lowest BCUT2D eigenvalue weighted by Gasteiger charge is -2.35. The number of fused-ring (bicyclic) bond motifs is 1. The highest BCUT2D eigenvalue weighted by Crippen LogP contribution is 2.37. The van der Waals surface area contributed by atoms with Gasteiger partial charge in [-0.3, -0.25) is 9.78 Å². The van der Waals surface area contributed by atoms with E-state index in [1.807, 2.05) is 23.1 Å². The molecular weight excluding hydrogens is 436 g/mol. The number of carbonyl (C=O) groups excluding carboxylic acids is 1. The average molecular weight is 456 g/mol. The number of benzene rings is 1. The first kappa shape index (κ1) is 17.7. The molecule has 1 aromatic heterocycles. The summed E-state index contributed by atoms with van der Waals surface area (Å²) in [6, 6.07) is 6.14. The number of halogens is 2. The largest absolute Gasteiger partial charge is 0.480 e. The maximum atomic E-state index is 12.6. The van der Waals surface area contributed by atoms with Crippen LogP contribution in [0.15, 0.2) is 33.3 Å². The van der Waals surface area contributed by atoms with Crippen molar-refractivity contribution in [1.82, 2.24) is 9.88 Å². The molecule has 2 heterocycles. The molecule has 4 nitrogen and oxygen atoms in total. The second-order valence-corrected chi connectivity index (χ2v) is 7.71. The lowest BCUT2D eigenvalue weighted by Crippen LogP contribution is -2.45. The molecule has 1 aliphatic rings. The van der Waals surface area contributed by atoms with Gasteiger partial charge >= 0.3 is 0 Å². The van der Waals surface area contributed by atoms with Gasteiger partial charge in [-0.25, -0.2) is 0 Å². The average Bonchev–Trinajstić information content (AvgIpc) is 2.61. The molecule has 0 bridgehead atoms. The summed E-state index contributed by atoms with van der Waals surface area (Å²) >= 11 is 7.06. The lowest BCUT2D eigenvalue weighted by atomic mass is 10.00. The van der Waals surface area contributed by atoms with Crippen LogP contribution in [0.2, 0.25) is 0 Å². The standard InChI is InChI=1S/C18H20Br2N2O2/c1-2-12-6-3-4-9-22(12)16(23)11-24-18-15(20)10-14(19)13-7-5-8-21-17(13)18/h5,7-8,10,12H,2-4,6,9,11H2,1H3/t12-/m0/s1. The third-order valence-corrected chi connectivity index (χ3v) is 5.75. The molecule has 128 valence electrons. The zero-order chi connectivity index (χ0) is 17.1. The van der Waals surface area contributed by atoms with Gasteiger partial charge in [0.05, 0.1) is 4.47 Å². The molecule has 0 N–H and O–H groups in total. The van der Waals surface area contributed by atoms with Crippen LogP contribution in [0.5, 0.6) is 5.75 Å². The summed E-state index contributed by atoms with van der Waals surface area (Å²) in [5.74, 6) is 0.674. The van der Waals surface area contributed by atoms with Crippen LogP contribution in [0.1, 0.15) is 32.6 Å². The number of pyridine rings is 1. The lowest BCUT2D eigenvalue weighted by molar-refractivity contribution is -0.137. The molecule has 0 unspecified atom stereocenters.